The Bertz CT molecular complexity index is 1380. The maximum Gasteiger partial charge on any atom is 0.416 e. The van der Waals surface area contributed by atoms with Gasteiger partial charge in [-0.3, -0.25) is 4.98 Å². The molecule has 3 aromatic heterocycles. The Morgan fingerprint density at radius 3 is 2.56 bits per heavy atom. The van der Waals surface area contributed by atoms with E-state index in [1.54, 1.807) is 0 Å². The van der Waals surface area contributed by atoms with Crippen LogP contribution in [0.15, 0.2) is 36.8 Å². The second-order valence-corrected chi connectivity index (χ2v) is 8.67. The highest BCUT2D eigenvalue weighted by atomic mass is 19.4. The Labute approximate surface area is 190 Å². The van der Waals surface area contributed by atoms with Crippen molar-refractivity contribution in [3.63, 3.8) is 0 Å². The van der Waals surface area contributed by atoms with E-state index in [0.717, 1.165) is 25.0 Å². The molecule has 1 saturated carbocycles. The lowest BCUT2D eigenvalue weighted by Crippen LogP contribution is -2.55. The van der Waals surface area contributed by atoms with E-state index in [2.05, 4.69) is 19.9 Å². The van der Waals surface area contributed by atoms with Gasteiger partial charge < -0.3 is 16.5 Å². The quantitative estimate of drug-likeness (QED) is 0.353. The normalized spacial score (nSPS) is 21.6. The maximum atomic E-state index is 13.7. The number of nitrogens with two attached hydrogens (primary N) is 2. The molecule has 5 rings (SSSR count). The minimum absolute atomic E-state index is 0.0468. The zero-order valence-corrected chi connectivity index (χ0v) is 17.8. The number of halogens is 5. The van der Waals surface area contributed by atoms with Crippen molar-refractivity contribution < 1.29 is 22.0 Å². The summed E-state index contributed by atoms with van der Waals surface area (Å²) in [4.78, 5) is 15.6. The third kappa shape index (κ3) is 3.59. The van der Waals surface area contributed by atoms with E-state index in [4.69, 9.17) is 11.5 Å². The van der Waals surface area contributed by atoms with Crippen molar-refractivity contribution in [1.29, 1.82) is 0 Å². The molecule has 3 heterocycles. The molecule has 1 aliphatic rings. The average molecular weight is 476 g/mol. The van der Waals surface area contributed by atoms with E-state index < -0.39 is 35.4 Å². The molecule has 1 aromatic carbocycles. The second kappa shape index (κ2) is 7.95. The van der Waals surface area contributed by atoms with Crippen LogP contribution in [0.4, 0.5) is 22.0 Å². The summed E-state index contributed by atoms with van der Waals surface area (Å²) < 4.78 is 66.8. The molecule has 0 radical (unpaired) electrons. The molecular weight excluding hydrogens is 455 g/mol. The lowest BCUT2D eigenvalue weighted by molar-refractivity contribution is -0.137. The third-order valence-electron chi connectivity index (χ3n) is 6.59. The number of aromatic amines is 1. The molecule has 0 bridgehead atoms. The van der Waals surface area contributed by atoms with Crippen molar-refractivity contribution >= 4 is 21.8 Å². The van der Waals surface area contributed by atoms with Gasteiger partial charge in [-0.1, -0.05) is 18.9 Å². The van der Waals surface area contributed by atoms with Crippen molar-refractivity contribution in [3.05, 3.63) is 53.9 Å². The van der Waals surface area contributed by atoms with Crippen LogP contribution in [-0.4, -0.2) is 26.0 Å². The van der Waals surface area contributed by atoms with Crippen molar-refractivity contribution in [2.45, 2.75) is 49.9 Å². The lowest BCUT2D eigenvalue weighted by atomic mass is 9.78. The van der Waals surface area contributed by atoms with E-state index in [-0.39, 0.29) is 22.2 Å². The van der Waals surface area contributed by atoms with Gasteiger partial charge in [-0.05, 0) is 25.0 Å². The van der Waals surface area contributed by atoms with Gasteiger partial charge in [-0.15, -0.1) is 0 Å². The number of alkyl halides is 5. The molecule has 1 aliphatic carbocycles. The Morgan fingerprint density at radius 1 is 1.06 bits per heavy atom. The second-order valence-electron chi connectivity index (χ2n) is 8.67. The SMILES string of the molecule is NC1CCCCC1(N)c1ncc2c(C(F)F)ncc(-c3c[nH]c4cc(C(F)(F)F)ccc34)c2n1. The van der Waals surface area contributed by atoms with Crippen LogP contribution < -0.4 is 11.5 Å². The molecule has 34 heavy (non-hydrogen) atoms. The number of nitrogens with one attached hydrogen (secondary N) is 1. The van der Waals surface area contributed by atoms with Crippen LogP contribution in [0.3, 0.4) is 0 Å². The predicted octanol–water partition coefficient (Wildman–Crippen LogP) is 5.18. The minimum Gasteiger partial charge on any atom is -0.361 e. The molecule has 5 N–H and O–H groups in total. The van der Waals surface area contributed by atoms with Crippen LogP contribution in [0.25, 0.3) is 32.9 Å². The summed E-state index contributed by atoms with van der Waals surface area (Å²) in [5, 5.41) is 0.517. The van der Waals surface area contributed by atoms with Crippen molar-refractivity contribution in [1.82, 2.24) is 19.9 Å². The summed E-state index contributed by atoms with van der Waals surface area (Å²) in [7, 11) is 0. The summed E-state index contributed by atoms with van der Waals surface area (Å²) >= 11 is 0. The molecule has 2 unspecified atom stereocenters. The van der Waals surface area contributed by atoms with Crippen LogP contribution in [-0.2, 0) is 11.7 Å². The fraction of sp³-hybridized carbons (Fsp3) is 0.348. The predicted molar refractivity (Wildman–Crippen MR) is 117 cm³/mol. The molecule has 0 spiro atoms. The number of nitrogens with zero attached hydrogens (tertiary/aromatic N) is 3. The zero-order valence-electron chi connectivity index (χ0n) is 17.8. The molecule has 6 nitrogen and oxygen atoms in total. The lowest BCUT2D eigenvalue weighted by Gasteiger charge is -2.37. The number of H-pyrrole nitrogens is 1. The summed E-state index contributed by atoms with van der Waals surface area (Å²) in [5.41, 5.74) is 11.9. The number of rotatable bonds is 3. The fourth-order valence-corrected chi connectivity index (χ4v) is 4.66. The summed E-state index contributed by atoms with van der Waals surface area (Å²) in [5.74, 6) is 0.249. The number of hydrogen-bond acceptors (Lipinski definition) is 5. The Morgan fingerprint density at radius 2 is 1.85 bits per heavy atom. The van der Waals surface area contributed by atoms with Crippen LogP contribution in [0.1, 0.15) is 49.2 Å². The van der Waals surface area contributed by atoms with Gasteiger partial charge in [0.15, 0.2) is 0 Å². The van der Waals surface area contributed by atoms with Crippen molar-refractivity contribution in [2.75, 3.05) is 0 Å². The Hall–Kier alpha value is -3.18. The number of fused-ring (bicyclic) bond motifs is 2. The highest BCUT2D eigenvalue weighted by Crippen LogP contribution is 2.39. The van der Waals surface area contributed by atoms with E-state index in [9.17, 15) is 22.0 Å². The number of benzene rings is 1. The first-order valence-electron chi connectivity index (χ1n) is 10.8. The van der Waals surface area contributed by atoms with Gasteiger partial charge in [0.25, 0.3) is 6.43 Å². The van der Waals surface area contributed by atoms with E-state index in [1.807, 2.05) is 0 Å². The first-order chi connectivity index (χ1) is 16.1. The molecule has 11 heteroatoms. The Balaban J connectivity index is 1.73. The van der Waals surface area contributed by atoms with Crippen LogP contribution >= 0.6 is 0 Å². The maximum absolute atomic E-state index is 13.7. The van der Waals surface area contributed by atoms with Gasteiger partial charge in [-0.25, -0.2) is 18.7 Å². The van der Waals surface area contributed by atoms with E-state index in [1.165, 1.54) is 24.7 Å². The van der Waals surface area contributed by atoms with Gasteiger partial charge in [0, 0.05) is 52.0 Å². The molecule has 2 atom stereocenters. The van der Waals surface area contributed by atoms with Crippen molar-refractivity contribution in [2.24, 2.45) is 11.5 Å². The number of hydrogen-bond donors (Lipinski definition) is 3. The average Bonchev–Trinajstić information content (AvgIpc) is 3.22. The van der Waals surface area contributed by atoms with E-state index in [0.29, 0.717) is 29.4 Å². The van der Waals surface area contributed by atoms with Crippen LogP contribution in [0.5, 0.6) is 0 Å². The largest absolute Gasteiger partial charge is 0.416 e. The number of pyridine rings is 1. The monoisotopic (exact) mass is 476 g/mol. The molecule has 0 aliphatic heterocycles. The van der Waals surface area contributed by atoms with Crippen molar-refractivity contribution in [3.8, 4) is 11.1 Å². The van der Waals surface area contributed by atoms with Crippen LogP contribution in [0.2, 0.25) is 0 Å². The van der Waals surface area contributed by atoms with Gasteiger partial charge in [-0.2, -0.15) is 13.2 Å². The fourth-order valence-electron chi connectivity index (χ4n) is 4.66. The third-order valence-corrected chi connectivity index (χ3v) is 6.59. The summed E-state index contributed by atoms with van der Waals surface area (Å²) in [6, 6.07) is 2.91. The molecule has 4 aromatic rings. The highest BCUT2D eigenvalue weighted by molar-refractivity contribution is 6.03. The molecule has 0 saturated heterocycles. The topological polar surface area (TPSA) is 107 Å². The van der Waals surface area contributed by atoms with Gasteiger partial charge in [0.1, 0.15) is 11.5 Å². The first-order valence-corrected chi connectivity index (χ1v) is 10.8. The first kappa shape index (κ1) is 22.6. The van der Waals surface area contributed by atoms with Gasteiger partial charge in [0.2, 0.25) is 0 Å². The van der Waals surface area contributed by atoms with Gasteiger partial charge >= 0.3 is 6.18 Å². The van der Waals surface area contributed by atoms with Crippen LogP contribution in [0, 0.1) is 0 Å². The van der Waals surface area contributed by atoms with E-state index >= 15 is 0 Å². The van der Waals surface area contributed by atoms with Gasteiger partial charge in [0.05, 0.1) is 16.6 Å². The Kier molecular flexibility index (Phi) is 5.28. The summed E-state index contributed by atoms with van der Waals surface area (Å²) in [6.45, 7) is 0. The molecule has 1 fully saturated rings. The highest BCUT2D eigenvalue weighted by Gasteiger charge is 2.39. The minimum atomic E-state index is -4.50. The summed E-state index contributed by atoms with van der Waals surface area (Å²) in [6.07, 6.45) is -0.324. The molecule has 178 valence electrons. The molecule has 0 amide bonds. The zero-order chi connectivity index (χ0) is 24.3. The number of aromatic nitrogens is 4. The smallest absolute Gasteiger partial charge is 0.361 e. The molecular formula is C23H21F5N6. The standard InChI is InChI=1S/C23H21F5N6/c24-20(25)19-15-10-33-21(22(30)6-2-1-3-17(22)29)34-18(15)14(9-32-19)13-8-31-16-7-11(23(26,27)28)4-5-12(13)16/h4-5,7-10,17,20,31H,1-3,6,29-30H2.